The van der Waals surface area contributed by atoms with Gasteiger partial charge in [0.2, 0.25) is 0 Å². The first kappa shape index (κ1) is 13.0. The van der Waals surface area contributed by atoms with Crippen LogP contribution >= 0.6 is 11.6 Å². The molecule has 3 heteroatoms. The van der Waals surface area contributed by atoms with Crippen LogP contribution in [0.4, 0.5) is 0 Å². The highest BCUT2D eigenvalue weighted by molar-refractivity contribution is 6.17. The van der Waals surface area contributed by atoms with E-state index in [1.54, 1.807) is 18.2 Å². The van der Waals surface area contributed by atoms with Gasteiger partial charge in [0.15, 0.2) is 0 Å². The number of esters is 1. The third-order valence-corrected chi connectivity index (χ3v) is 1.81. The lowest BCUT2D eigenvalue weighted by molar-refractivity contribution is 0.0600. The quantitative estimate of drug-likeness (QED) is 0.558. The minimum atomic E-state index is -0.332. The van der Waals surface area contributed by atoms with E-state index in [4.69, 9.17) is 11.6 Å². The molecule has 0 amide bonds. The number of methoxy groups -OCH3 is 1. The van der Waals surface area contributed by atoms with E-state index in [2.05, 4.69) is 4.74 Å². The minimum absolute atomic E-state index is 0.332. The molecule has 1 rings (SSSR count). The van der Waals surface area contributed by atoms with E-state index >= 15 is 0 Å². The molecule has 1 aromatic carbocycles. The fourth-order valence-corrected chi connectivity index (χ4v) is 1.07. The van der Waals surface area contributed by atoms with Gasteiger partial charge in [-0.1, -0.05) is 26.0 Å². The Kier molecular flexibility index (Phi) is 6.85. The van der Waals surface area contributed by atoms with Gasteiger partial charge in [0.05, 0.1) is 12.7 Å². The molecule has 0 N–H and O–H groups in total. The van der Waals surface area contributed by atoms with Crippen molar-refractivity contribution in [2.45, 2.75) is 19.7 Å². The molecule has 14 heavy (non-hydrogen) atoms. The first-order chi connectivity index (χ1) is 6.77. The SMILES string of the molecule is CC.COC(=O)c1cccc(CCl)c1. The Morgan fingerprint density at radius 3 is 2.57 bits per heavy atom. The summed E-state index contributed by atoms with van der Waals surface area (Å²) in [7, 11) is 1.36. The van der Waals surface area contributed by atoms with Crippen molar-refractivity contribution < 1.29 is 9.53 Å². The van der Waals surface area contributed by atoms with Crippen LogP contribution in [0.3, 0.4) is 0 Å². The summed E-state index contributed by atoms with van der Waals surface area (Å²) in [5.74, 6) is 0.0761. The standard InChI is InChI=1S/C9H9ClO2.C2H6/c1-12-9(11)8-4-2-3-7(5-8)6-10;1-2/h2-5H,6H2,1H3;1-2H3. The molecule has 0 aliphatic carbocycles. The number of benzene rings is 1. The van der Waals surface area contributed by atoms with Crippen LogP contribution in [0.15, 0.2) is 24.3 Å². The van der Waals surface area contributed by atoms with Gasteiger partial charge in [0, 0.05) is 5.88 Å². The molecular formula is C11H15ClO2. The summed E-state index contributed by atoms with van der Waals surface area (Å²) in [6.45, 7) is 4.00. The maximum Gasteiger partial charge on any atom is 0.337 e. The van der Waals surface area contributed by atoms with E-state index < -0.39 is 0 Å². The molecular weight excluding hydrogens is 200 g/mol. The summed E-state index contributed by atoms with van der Waals surface area (Å²) in [4.78, 5) is 11.0. The van der Waals surface area contributed by atoms with E-state index in [0.29, 0.717) is 11.4 Å². The van der Waals surface area contributed by atoms with Crippen molar-refractivity contribution in [3.63, 3.8) is 0 Å². The van der Waals surface area contributed by atoms with Gasteiger partial charge in [-0.25, -0.2) is 4.79 Å². The van der Waals surface area contributed by atoms with Gasteiger partial charge >= 0.3 is 5.97 Å². The summed E-state index contributed by atoms with van der Waals surface area (Å²) in [6.07, 6.45) is 0. The van der Waals surface area contributed by atoms with Gasteiger partial charge in [-0.15, -0.1) is 11.6 Å². The summed E-state index contributed by atoms with van der Waals surface area (Å²) >= 11 is 5.59. The molecule has 0 bridgehead atoms. The van der Waals surface area contributed by atoms with Crippen LogP contribution in [-0.4, -0.2) is 13.1 Å². The summed E-state index contributed by atoms with van der Waals surface area (Å²) < 4.78 is 4.55. The van der Waals surface area contributed by atoms with Crippen molar-refractivity contribution in [3.8, 4) is 0 Å². The van der Waals surface area contributed by atoms with Crippen LogP contribution in [0.2, 0.25) is 0 Å². The molecule has 2 nitrogen and oxygen atoms in total. The normalized spacial score (nSPS) is 8.57. The first-order valence-electron chi connectivity index (χ1n) is 4.51. The lowest BCUT2D eigenvalue weighted by Gasteiger charge is -1.99. The van der Waals surface area contributed by atoms with E-state index in [0.717, 1.165) is 5.56 Å². The van der Waals surface area contributed by atoms with Crippen LogP contribution in [0.1, 0.15) is 29.8 Å². The van der Waals surface area contributed by atoms with Gasteiger partial charge < -0.3 is 4.74 Å². The zero-order valence-electron chi connectivity index (χ0n) is 8.71. The molecule has 0 heterocycles. The number of rotatable bonds is 2. The van der Waals surface area contributed by atoms with Crippen LogP contribution in [0, 0.1) is 0 Å². The van der Waals surface area contributed by atoms with Crippen molar-refractivity contribution in [2.24, 2.45) is 0 Å². The van der Waals surface area contributed by atoms with Gasteiger partial charge in [0.1, 0.15) is 0 Å². The number of alkyl halides is 1. The van der Waals surface area contributed by atoms with Gasteiger partial charge in [0.25, 0.3) is 0 Å². The molecule has 0 unspecified atom stereocenters. The molecule has 1 aromatic rings. The van der Waals surface area contributed by atoms with Crippen LogP contribution in [-0.2, 0) is 10.6 Å². The maximum absolute atomic E-state index is 11.0. The predicted molar refractivity (Wildman–Crippen MR) is 58.7 cm³/mol. The summed E-state index contributed by atoms with van der Waals surface area (Å²) in [5.41, 5.74) is 1.45. The lowest BCUT2D eigenvalue weighted by Crippen LogP contribution is -2.00. The average Bonchev–Trinajstić information content (AvgIpc) is 2.30. The average molecular weight is 215 g/mol. The van der Waals surface area contributed by atoms with Crippen molar-refractivity contribution in [1.82, 2.24) is 0 Å². The third-order valence-electron chi connectivity index (χ3n) is 1.50. The van der Waals surface area contributed by atoms with Crippen molar-refractivity contribution in [1.29, 1.82) is 0 Å². The largest absolute Gasteiger partial charge is 0.465 e. The fraction of sp³-hybridized carbons (Fsp3) is 0.364. The number of carbonyl (C=O) groups is 1. The lowest BCUT2D eigenvalue weighted by atomic mass is 10.1. The Morgan fingerprint density at radius 2 is 2.07 bits per heavy atom. The second kappa shape index (κ2) is 7.39. The van der Waals surface area contributed by atoms with Crippen LogP contribution in [0.25, 0.3) is 0 Å². The van der Waals surface area contributed by atoms with E-state index in [1.807, 2.05) is 19.9 Å². The Morgan fingerprint density at radius 1 is 1.43 bits per heavy atom. The second-order valence-electron chi connectivity index (χ2n) is 2.33. The summed E-state index contributed by atoms with van der Waals surface area (Å²) in [6, 6.07) is 7.06. The molecule has 0 radical (unpaired) electrons. The number of hydrogen-bond acceptors (Lipinski definition) is 2. The topological polar surface area (TPSA) is 26.3 Å². The molecule has 0 fully saturated rings. The van der Waals surface area contributed by atoms with Crippen molar-refractivity contribution >= 4 is 17.6 Å². The van der Waals surface area contributed by atoms with Crippen LogP contribution < -0.4 is 0 Å². The Balaban J connectivity index is 0.000000791. The Labute approximate surface area is 89.8 Å². The highest BCUT2D eigenvalue weighted by Gasteiger charge is 2.04. The van der Waals surface area contributed by atoms with E-state index in [-0.39, 0.29) is 5.97 Å². The van der Waals surface area contributed by atoms with Gasteiger partial charge in [-0.3, -0.25) is 0 Å². The molecule has 0 aromatic heterocycles. The molecule has 0 aliphatic heterocycles. The Bertz CT molecular complexity index is 284. The predicted octanol–water partition coefficient (Wildman–Crippen LogP) is 3.24. The highest BCUT2D eigenvalue weighted by atomic mass is 35.5. The smallest absolute Gasteiger partial charge is 0.337 e. The molecule has 0 spiro atoms. The Hall–Kier alpha value is -1.02. The first-order valence-corrected chi connectivity index (χ1v) is 5.04. The monoisotopic (exact) mass is 214 g/mol. The zero-order valence-corrected chi connectivity index (χ0v) is 9.47. The van der Waals surface area contributed by atoms with Crippen molar-refractivity contribution in [3.05, 3.63) is 35.4 Å². The maximum atomic E-state index is 11.0. The number of carbonyl (C=O) groups excluding carboxylic acids is 1. The number of halogens is 1. The molecule has 78 valence electrons. The fourth-order valence-electron chi connectivity index (χ4n) is 0.899. The summed E-state index contributed by atoms with van der Waals surface area (Å²) in [5, 5.41) is 0. The number of ether oxygens (including phenoxy) is 1. The third kappa shape index (κ3) is 3.79. The van der Waals surface area contributed by atoms with E-state index in [1.165, 1.54) is 7.11 Å². The van der Waals surface area contributed by atoms with Crippen LogP contribution in [0.5, 0.6) is 0 Å². The molecule has 0 saturated heterocycles. The van der Waals surface area contributed by atoms with Gasteiger partial charge in [-0.2, -0.15) is 0 Å². The molecule has 0 atom stereocenters. The number of hydrogen-bond donors (Lipinski definition) is 0. The minimum Gasteiger partial charge on any atom is -0.465 e. The highest BCUT2D eigenvalue weighted by Crippen LogP contribution is 2.08. The molecule has 0 saturated carbocycles. The van der Waals surface area contributed by atoms with Crippen molar-refractivity contribution in [2.75, 3.05) is 7.11 Å². The zero-order chi connectivity index (χ0) is 11.0. The van der Waals surface area contributed by atoms with Gasteiger partial charge in [-0.05, 0) is 17.7 Å². The van der Waals surface area contributed by atoms with E-state index in [9.17, 15) is 4.79 Å². The second-order valence-corrected chi connectivity index (χ2v) is 2.59. The molecule has 0 aliphatic rings.